The number of imide groups is 1. The Bertz CT molecular complexity index is 1370. The number of halogens is 2. The van der Waals surface area contributed by atoms with Crippen molar-refractivity contribution >= 4 is 55.3 Å². The van der Waals surface area contributed by atoms with E-state index in [0.29, 0.717) is 11.3 Å². The fraction of sp³-hybridized carbons (Fsp3) is 0.323. The number of carbonyl (C=O) groups excluding carboxylic acids is 3. The molecule has 0 radical (unpaired) electrons. The lowest BCUT2D eigenvalue weighted by Gasteiger charge is -2.55. The molecule has 5 aliphatic rings. The fourth-order valence-electron chi connectivity index (χ4n) is 7.07. The Morgan fingerprint density at radius 2 is 1.16 bits per heavy atom. The normalized spacial score (nSPS) is 29.6. The Morgan fingerprint density at radius 1 is 0.711 bits per heavy atom. The first-order valence-electron chi connectivity index (χ1n) is 13.1. The summed E-state index contributed by atoms with van der Waals surface area (Å²) in [5, 5.41) is 0. The van der Waals surface area contributed by atoms with Gasteiger partial charge in [-0.15, -0.1) is 0 Å². The second-order valence-corrected chi connectivity index (χ2v) is 13.2. The number of rotatable bonds is 3. The zero-order chi connectivity index (χ0) is 26.2. The van der Waals surface area contributed by atoms with E-state index in [2.05, 4.69) is 31.9 Å². The molecule has 3 aromatic carbocycles. The van der Waals surface area contributed by atoms with Gasteiger partial charge in [0.25, 0.3) is 0 Å². The summed E-state index contributed by atoms with van der Waals surface area (Å²) in [6, 6.07) is 22.7. The zero-order valence-electron chi connectivity index (χ0n) is 20.5. The number of esters is 1. The van der Waals surface area contributed by atoms with Crippen LogP contribution in [0.1, 0.15) is 64.7 Å². The topological polar surface area (TPSA) is 63.7 Å². The Morgan fingerprint density at radius 3 is 1.61 bits per heavy atom. The van der Waals surface area contributed by atoms with E-state index in [-0.39, 0.29) is 23.9 Å². The highest BCUT2D eigenvalue weighted by Crippen LogP contribution is 2.70. The minimum atomic E-state index is -0.828. The van der Waals surface area contributed by atoms with Gasteiger partial charge in [-0.25, -0.2) is 9.69 Å². The minimum Gasteiger partial charge on any atom is -0.459 e. The Hall–Kier alpha value is -2.77. The number of anilines is 1. The average Bonchev–Trinajstić information content (AvgIpc) is 3.23. The van der Waals surface area contributed by atoms with E-state index >= 15 is 0 Å². The van der Waals surface area contributed by atoms with Crippen LogP contribution in [0.4, 0.5) is 5.69 Å². The number of amides is 2. The molecule has 5 nitrogen and oxygen atoms in total. The predicted molar refractivity (Wildman–Crippen MR) is 151 cm³/mol. The van der Waals surface area contributed by atoms with E-state index in [1.165, 1.54) is 11.3 Å². The van der Waals surface area contributed by atoms with Gasteiger partial charge in [0, 0.05) is 0 Å². The summed E-state index contributed by atoms with van der Waals surface area (Å²) < 4.78 is 4.04. The largest absolute Gasteiger partial charge is 0.459 e. The zero-order valence-corrected chi connectivity index (χ0v) is 23.7. The standard InChI is InChI=1S/C31H25Br2NO4/c32-30-21-10-4-5-11-22(21)31(33,24-13-7-6-12-23(24)30)26-25(30)27(35)34(28(26)36)19-16-14-18(15-17-19)29(37)38-20-8-2-1-3-9-20/h4-7,10-17,20,25-26H,1-3,8-9H2. The number of hydrogen-bond donors (Lipinski definition) is 0. The molecular weight excluding hydrogens is 610 g/mol. The quantitative estimate of drug-likeness (QED) is 0.185. The van der Waals surface area contributed by atoms with Crippen molar-refractivity contribution in [2.24, 2.45) is 11.8 Å². The average molecular weight is 635 g/mol. The molecule has 2 amide bonds. The van der Waals surface area contributed by atoms with Crippen molar-refractivity contribution in [1.82, 2.24) is 0 Å². The fourth-order valence-corrected chi connectivity index (χ4v) is 9.37. The molecule has 3 aromatic rings. The van der Waals surface area contributed by atoms with Gasteiger partial charge in [-0.3, -0.25) is 9.59 Å². The molecule has 1 saturated carbocycles. The van der Waals surface area contributed by atoms with Gasteiger partial charge < -0.3 is 4.74 Å². The number of alkyl halides is 2. The van der Waals surface area contributed by atoms with Crippen LogP contribution in [-0.4, -0.2) is 23.9 Å². The van der Waals surface area contributed by atoms with Crippen LogP contribution in [0.15, 0.2) is 72.8 Å². The van der Waals surface area contributed by atoms with Crippen LogP contribution in [0, 0.1) is 11.8 Å². The summed E-state index contributed by atoms with van der Waals surface area (Å²) >= 11 is 8.05. The number of ether oxygens (including phenoxy) is 1. The molecule has 2 bridgehead atoms. The second kappa shape index (κ2) is 8.62. The molecule has 192 valence electrons. The maximum Gasteiger partial charge on any atom is 0.338 e. The number of carbonyl (C=O) groups is 3. The number of hydrogen-bond acceptors (Lipinski definition) is 4. The minimum absolute atomic E-state index is 0.0373. The van der Waals surface area contributed by atoms with Crippen molar-refractivity contribution < 1.29 is 19.1 Å². The molecule has 38 heavy (non-hydrogen) atoms. The monoisotopic (exact) mass is 633 g/mol. The van der Waals surface area contributed by atoms with Crippen molar-refractivity contribution in [3.8, 4) is 0 Å². The van der Waals surface area contributed by atoms with Gasteiger partial charge in [0.05, 0.1) is 31.7 Å². The summed E-state index contributed by atoms with van der Waals surface area (Å²) in [6.45, 7) is 0. The summed E-state index contributed by atoms with van der Waals surface area (Å²) in [6.07, 6.45) is 5.11. The van der Waals surface area contributed by atoms with Crippen molar-refractivity contribution in [2.45, 2.75) is 46.9 Å². The Labute approximate surface area is 237 Å². The smallest absolute Gasteiger partial charge is 0.338 e. The van der Waals surface area contributed by atoms with Crippen LogP contribution in [0.5, 0.6) is 0 Å². The molecule has 2 atom stereocenters. The number of nitrogens with zero attached hydrogens (tertiary/aromatic N) is 1. The summed E-state index contributed by atoms with van der Waals surface area (Å²) in [5.74, 6) is -2.12. The molecule has 1 heterocycles. The van der Waals surface area contributed by atoms with Crippen molar-refractivity contribution in [2.75, 3.05) is 4.90 Å². The summed E-state index contributed by atoms with van der Waals surface area (Å²) in [4.78, 5) is 42.3. The lowest BCUT2D eigenvalue weighted by atomic mass is 9.54. The van der Waals surface area contributed by atoms with E-state index < -0.39 is 20.5 Å². The molecule has 7 heteroatoms. The third-order valence-electron chi connectivity index (χ3n) is 8.77. The molecule has 4 aliphatic carbocycles. The molecular formula is C31H25Br2NO4. The van der Waals surface area contributed by atoms with Crippen LogP contribution in [-0.2, 0) is 23.0 Å². The number of benzene rings is 3. The van der Waals surface area contributed by atoms with Gasteiger partial charge in [0.2, 0.25) is 11.8 Å². The first-order chi connectivity index (χ1) is 18.4. The van der Waals surface area contributed by atoms with Gasteiger partial charge in [0.15, 0.2) is 0 Å². The molecule has 1 saturated heterocycles. The van der Waals surface area contributed by atoms with E-state index in [0.717, 1.165) is 47.9 Å². The highest BCUT2D eigenvalue weighted by Gasteiger charge is 2.72. The first kappa shape index (κ1) is 24.3. The summed E-state index contributed by atoms with van der Waals surface area (Å²) in [5.41, 5.74) is 4.88. The van der Waals surface area contributed by atoms with Crippen LogP contribution in [0.3, 0.4) is 0 Å². The highest BCUT2D eigenvalue weighted by atomic mass is 79.9. The maximum atomic E-state index is 14.2. The van der Waals surface area contributed by atoms with Crippen LogP contribution >= 0.6 is 31.9 Å². The lowest BCUT2D eigenvalue weighted by molar-refractivity contribution is -0.122. The third-order valence-corrected chi connectivity index (χ3v) is 11.5. The molecule has 8 rings (SSSR count). The lowest BCUT2D eigenvalue weighted by Crippen LogP contribution is -2.56. The summed E-state index contributed by atoms with van der Waals surface area (Å²) in [7, 11) is 0. The molecule has 2 unspecified atom stereocenters. The SMILES string of the molecule is O=C(OC1CCCCC1)c1ccc(N2C(=O)C3C(C2=O)C2(Br)c4ccccc4C3(Br)c3ccccc32)cc1. The van der Waals surface area contributed by atoms with E-state index in [4.69, 9.17) is 4.74 Å². The van der Waals surface area contributed by atoms with Gasteiger partial charge in [-0.05, 0) is 72.2 Å². The molecule has 1 aliphatic heterocycles. The van der Waals surface area contributed by atoms with Gasteiger partial charge in [-0.2, -0.15) is 0 Å². The van der Waals surface area contributed by atoms with Gasteiger partial charge in [0.1, 0.15) is 6.10 Å². The third kappa shape index (κ3) is 3.12. The Balaban J connectivity index is 1.27. The van der Waals surface area contributed by atoms with Crippen LogP contribution < -0.4 is 4.90 Å². The van der Waals surface area contributed by atoms with Crippen LogP contribution in [0.25, 0.3) is 0 Å². The van der Waals surface area contributed by atoms with Gasteiger partial charge >= 0.3 is 5.97 Å². The Kier molecular flexibility index (Phi) is 5.51. The second-order valence-electron chi connectivity index (χ2n) is 10.7. The van der Waals surface area contributed by atoms with Crippen molar-refractivity contribution in [1.29, 1.82) is 0 Å². The van der Waals surface area contributed by atoms with E-state index in [1.807, 2.05) is 48.5 Å². The van der Waals surface area contributed by atoms with E-state index in [1.54, 1.807) is 24.3 Å². The maximum absolute atomic E-state index is 14.2. The first-order valence-corrected chi connectivity index (χ1v) is 14.7. The van der Waals surface area contributed by atoms with Gasteiger partial charge in [-0.1, -0.05) is 86.8 Å². The molecule has 0 N–H and O–H groups in total. The van der Waals surface area contributed by atoms with Crippen molar-refractivity contribution in [3.63, 3.8) is 0 Å². The molecule has 0 aromatic heterocycles. The predicted octanol–water partition coefficient (Wildman–Crippen LogP) is 6.59. The van der Waals surface area contributed by atoms with Crippen molar-refractivity contribution in [3.05, 3.63) is 101 Å². The van der Waals surface area contributed by atoms with Crippen LogP contribution in [0.2, 0.25) is 0 Å². The highest BCUT2D eigenvalue weighted by molar-refractivity contribution is 9.10. The molecule has 2 fully saturated rings. The molecule has 0 spiro atoms. The van der Waals surface area contributed by atoms with E-state index in [9.17, 15) is 14.4 Å².